The number of aromatic nitrogens is 1. The first kappa shape index (κ1) is 23.8. The number of pyridine rings is 1. The summed E-state index contributed by atoms with van der Waals surface area (Å²) >= 11 is 6.02. The molecule has 1 aliphatic heterocycles. The van der Waals surface area contributed by atoms with Crippen molar-refractivity contribution in [2.45, 2.75) is 26.3 Å². The molecule has 9 heteroatoms. The quantitative estimate of drug-likeness (QED) is 0.308. The largest absolute Gasteiger partial charge is 0.490 e. The lowest BCUT2D eigenvalue weighted by atomic mass is 9.98. The SMILES string of the molecule is CCCOc1ccc(C2c3c(oc4ccc(F)cc4c3=O)C(=O)N2c2ccc(Cl)cn2)cc1OCC. The number of hydrogen-bond acceptors (Lipinski definition) is 6. The van der Waals surface area contributed by atoms with Gasteiger partial charge in [-0.05, 0) is 61.4 Å². The van der Waals surface area contributed by atoms with Gasteiger partial charge in [-0.15, -0.1) is 0 Å². The van der Waals surface area contributed by atoms with Gasteiger partial charge in [0.25, 0.3) is 5.91 Å². The van der Waals surface area contributed by atoms with E-state index in [0.717, 1.165) is 12.5 Å². The first-order valence-electron chi connectivity index (χ1n) is 11.5. The van der Waals surface area contributed by atoms with Crippen molar-refractivity contribution in [3.8, 4) is 11.5 Å². The van der Waals surface area contributed by atoms with Gasteiger partial charge in [-0.1, -0.05) is 24.6 Å². The Morgan fingerprint density at radius 2 is 1.89 bits per heavy atom. The van der Waals surface area contributed by atoms with E-state index in [0.29, 0.717) is 35.3 Å². The summed E-state index contributed by atoms with van der Waals surface area (Å²) in [5.74, 6) is 0.0607. The number of nitrogens with zero attached hydrogens (tertiary/aromatic N) is 2. The Labute approximate surface area is 211 Å². The fourth-order valence-corrected chi connectivity index (χ4v) is 4.41. The first-order valence-corrected chi connectivity index (χ1v) is 11.9. The number of anilines is 1. The van der Waals surface area contributed by atoms with Gasteiger partial charge in [-0.25, -0.2) is 9.37 Å². The predicted molar refractivity (Wildman–Crippen MR) is 134 cm³/mol. The second kappa shape index (κ2) is 9.62. The molecule has 0 N–H and O–H groups in total. The molecule has 2 aromatic heterocycles. The fraction of sp³-hybridized carbons (Fsp3) is 0.222. The van der Waals surface area contributed by atoms with Gasteiger partial charge in [0.1, 0.15) is 17.2 Å². The number of carbonyl (C=O) groups excluding carboxylic acids is 1. The maximum absolute atomic E-state index is 14.0. The Balaban J connectivity index is 1.75. The van der Waals surface area contributed by atoms with Crippen LogP contribution in [0.15, 0.2) is 63.9 Å². The number of ether oxygens (including phenoxy) is 2. The van der Waals surface area contributed by atoms with Crippen molar-refractivity contribution in [2.24, 2.45) is 0 Å². The molecule has 36 heavy (non-hydrogen) atoms. The Bertz CT molecular complexity index is 1520. The summed E-state index contributed by atoms with van der Waals surface area (Å²) in [5.41, 5.74) is 0.301. The zero-order valence-electron chi connectivity index (χ0n) is 19.6. The van der Waals surface area contributed by atoms with Crippen molar-refractivity contribution >= 4 is 34.3 Å². The fourth-order valence-electron chi connectivity index (χ4n) is 4.30. The Hall–Kier alpha value is -3.91. The van der Waals surface area contributed by atoms with E-state index in [1.165, 1.54) is 23.2 Å². The van der Waals surface area contributed by atoms with Gasteiger partial charge in [0.2, 0.25) is 5.76 Å². The average molecular weight is 509 g/mol. The standard InChI is InChI=1S/C27H22ClFN2O5/c1-3-11-35-20-8-5-15(12-21(20)34-4-2)24-23-25(32)18-13-17(29)7-9-19(18)36-26(23)27(33)31(24)22-10-6-16(28)14-30-22/h5-10,12-14,24H,3-4,11H2,1-2H3. The van der Waals surface area contributed by atoms with Gasteiger partial charge in [-0.2, -0.15) is 0 Å². The zero-order chi connectivity index (χ0) is 25.4. The molecule has 7 nitrogen and oxygen atoms in total. The number of benzene rings is 2. The van der Waals surface area contributed by atoms with E-state index in [2.05, 4.69) is 4.98 Å². The van der Waals surface area contributed by atoms with Crippen molar-refractivity contribution in [1.82, 2.24) is 4.98 Å². The molecular formula is C27H22ClFN2O5. The summed E-state index contributed by atoms with van der Waals surface area (Å²) in [6.45, 7) is 4.75. The molecule has 0 saturated carbocycles. The second-order valence-corrected chi connectivity index (χ2v) is 8.65. The molecular weight excluding hydrogens is 487 g/mol. The summed E-state index contributed by atoms with van der Waals surface area (Å²) < 4.78 is 31.5. The van der Waals surface area contributed by atoms with Gasteiger partial charge in [0.05, 0.1) is 35.2 Å². The van der Waals surface area contributed by atoms with Crippen LogP contribution < -0.4 is 19.8 Å². The highest BCUT2D eigenvalue weighted by atomic mass is 35.5. The highest BCUT2D eigenvalue weighted by Crippen LogP contribution is 2.43. The molecule has 0 aliphatic carbocycles. The number of carbonyl (C=O) groups is 1. The van der Waals surface area contributed by atoms with Crippen LogP contribution in [0.1, 0.15) is 48.0 Å². The molecule has 0 bridgehead atoms. The summed E-state index contributed by atoms with van der Waals surface area (Å²) in [6.07, 6.45) is 2.23. The van der Waals surface area contributed by atoms with E-state index in [-0.39, 0.29) is 28.1 Å². The van der Waals surface area contributed by atoms with Crippen LogP contribution in [0.25, 0.3) is 11.0 Å². The van der Waals surface area contributed by atoms with Crippen LogP contribution in [0.5, 0.6) is 11.5 Å². The van der Waals surface area contributed by atoms with Crippen molar-refractivity contribution in [3.05, 3.63) is 92.7 Å². The Kier molecular flexibility index (Phi) is 6.36. The average Bonchev–Trinajstić information content (AvgIpc) is 3.17. The lowest BCUT2D eigenvalue weighted by Crippen LogP contribution is -2.30. The molecule has 0 spiro atoms. The van der Waals surface area contributed by atoms with E-state index in [1.54, 1.807) is 30.3 Å². The van der Waals surface area contributed by atoms with Crippen LogP contribution in [0, 0.1) is 5.82 Å². The molecule has 184 valence electrons. The number of amides is 1. The third-order valence-corrected chi connectivity index (χ3v) is 6.06. The lowest BCUT2D eigenvalue weighted by Gasteiger charge is -2.25. The minimum atomic E-state index is -0.899. The van der Waals surface area contributed by atoms with Crippen molar-refractivity contribution in [2.75, 3.05) is 18.1 Å². The molecule has 1 atom stereocenters. The van der Waals surface area contributed by atoms with Gasteiger partial charge < -0.3 is 13.9 Å². The highest BCUT2D eigenvalue weighted by Gasteiger charge is 2.44. The van der Waals surface area contributed by atoms with Crippen LogP contribution >= 0.6 is 11.6 Å². The third kappa shape index (κ3) is 4.07. The van der Waals surface area contributed by atoms with Crippen LogP contribution in [-0.2, 0) is 0 Å². The molecule has 2 aromatic carbocycles. The first-order chi connectivity index (χ1) is 17.4. The zero-order valence-corrected chi connectivity index (χ0v) is 20.3. The minimum absolute atomic E-state index is 0.0467. The number of rotatable bonds is 7. The van der Waals surface area contributed by atoms with Crippen molar-refractivity contribution in [1.29, 1.82) is 0 Å². The van der Waals surface area contributed by atoms with Gasteiger partial charge in [-0.3, -0.25) is 14.5 Å². The van der Waals surface area contributed by atoms with Crippen LogP contribution in [-0.4, -0.2) is 24.1 Å². The van der Waals surface area contributed by atoms with E-state index in [9.17, 15) is 14.0 Å². The molecule has 0 radical (unpaired) electrons. The van der Waals surface area contributed by atoms with Crippen molar-refractivity contribution < 1.29 is 23.1 Å². The molecule has 0 fully saturated rings. The molecule has 0 saturated heterocycles. The van der Waals surface area contributed by atoms with Gasteiger partial charge in [0, 0.05) is 6.20 Å². The molecule has 1 unspecified atom stereocenters. The minimum Gasteiger partial charge on any atom is -0.490 e. The van der Waals surface area contributed by atoms with E-state index in [1.807, 2.05) is 13.8 Å². The predicted octanol–water partition coefficient (Wildman–Crippen LogP) is 5.92. The molecule has 1 amide bonds. The van der Waals surface area contributed by atoms with E-state index in [4.69, 9.17) is 25.5 Å². The Morgan fingerprint density at radius 1 is 1.06 bits per heavy atom. The van der Waals surface area contributed by atoms with Crippen molar-refractivity contribution in [3.63, 3.8) is 0 Å². The molecule has 1 aliphatic rings. The normalized spacial score (nSPS) is 14.8. The summed E-state index contributed by atoms with van der Waals surface area (Å²) in [6, 6.07) is 11.2. The number of fused-ring (bicyclic) bond motifs is 2. The number of halogens is 2. The molecule has 5 rings (SSSR count). The number of hydrogen-bond donors (Lipinski definition) is 0. The monoisotopic (exact) mass is 508 g/mol. The molecule has 3 heterocycles. The van der Waals surface area contributed by atoms with Crippen LogP contribution in [0.3, 0.4) is 0 Å². The van der Waals surface area contributed by atoms with Crippen LogP contribution in [0.2, 0.25) is 5.02 Å². The Morgan fingerprint density at radius 3 is 2.61 bits per heavy atom. The topological polar surface area (TPSA) is 81.9 Å². The summed E-state index contributed by atoms with van der Waals surface area (Å²) in [7, 11) is 0. The van der Waals surface area contributed by atoms with E-state index < -0.39 is 23.2 Å². The summed E-state index contributed by atoms with van der Waals surface area (Å²) in [5, 5.41) is 0.441. The highest BCUT2D eigenvalue weighted by molar-refractivity contribution is 6.30. The third-order valence-electron chi connectivity index (χ3n) is 5.84. The smallest absolute Gasteiger partial charge is 0.296 e. The molecule has 4 aromatic rings. The summed E-state index contributed by atoms with van der Waals surface area (Å²) in [4.78, 5) is 33.0. The lowest BCUT2D eigenvalue weighted by molar-refractivity contribution is 0.0970. The van der Waals surface area contributed by atoms with Gasteiger partial charge in [0.15, 0.2) is 16.9 Å². The van der Waals surface area contributed by atoms with Gasteiger partial charge >= 0.3 is 0 Å². The maximum Gasteiger partial charge on any atom is 0.296 e. The van der Waals surface area contributed by atoms with E-state index >= 15 is 0 Å². The second-order valence-electron chi connectivity index (χ2n) is 8.21. The van der Waals surface area contributed by atoms with Crippen LogP contribution in [0.4, 0.5) is 10.2 Å². The maximum atomic E-state index is 14.0.